The second-order valence-corrected chi connectivity index (χ2v) is 13.9. The SMILES string of the molecule is COc1ccc(CC2NC(=O)/C=C/CC(C(C)C3OC3c3ccccc3)OC(=O)C(CC(C)(C)C)OC(=O)C(C)CNC2=O)cc1Cl. The summed E-state index contributed by atoms with van der Waals surface area (Å²) in [5, 5.41) is 5.87. The Morgan fingerprint density at radius 1 is 1.02 bits per heavy atom. The van der Waals surface area contributed by atoms with E-state index < -0.39 is 47.9 Å². The van der Waals surface area contributed by atoms with Crippen molar-refractivity contribution >= 4 is 35.4 Å². The molecule has 2 aliphatic rings. The molecule has 11 heteroatoms. The highest BCUT2D eigenvalue weighted by atomic mass is 35.5. The molecule has 2 amide bonds. The highest BCUT2D eigenvalue weighted by Crippen LogP contribution is 2.45. The van der Waals surface area contributed by atoms with E-state index in [1.54, 1.807) is 31.2 Å². The van der Waals surface area contributed by atoms with Gasteiger partial charge in [-0.1, -0.05) is 88.7 Å². The van der Waals surface area contributed by atoms with Crippen LogP contribution in [0.15, 0.2) is 60.7 Å². The first-order valence-corrected chi connectivity index (χ1v) is 16.3. The summed E-state index contributed by atoms with van der Waals surface area (Å²) < 4.78 is 23.0. The normalized spacial score (nSPS) is 27.5. The number of carbonyl (C=O) groups excluding carboxylic acids is 4. The summed E-state index contributed by atoms with van der Waals surface area (Å²) in [6.07, 6.45) is 1.31. The Balaban J connectivity index is 1.59. The molecule has 0 saturated carbocycles. The van der Waals surface area contributed by atoms with Crippen molar-refractivity contribution in [1.29, 1.82) is 0 Å². The van der Waals surface area contributed by atoms with E-state index in [2.05, 4.69) is 10.6 Å². The minimum atomic E-state index is -1.16. The Kier molecular flexibility index (Phi) is 12.1. The van der Waals surface area contributed by atoms with Gasteiger partial charge in [-0.25, -0.2) is 4.79 Å². The fourth-order valence-electron chi connectivity index (χ4n) is 5.50. The highest BCUT2D eigenvalue weighted by Gasteiger charge is 2.47. The zero-order chi connectivity index (χ0) is 34.3. The molecule has 47 heavy (non-hydrogen) atoms. The van der Waals surface area contributed by atoms with Gasteiger partial charge in [0, 0.05) is 31.7 Å². The number of benzene rings is 2. The number of halogens is 1. The first-order valence-electron chi connectivity index (χ1n) is 15.9. The molecule has 4 rings (SSSR count). The molecule has 0 aliphatic carbocycles. The zero-order valence-corrected chi connectivity index (χ0v) is 28.5. The van der Waals surface area contributed by atoms with Crippen LogP contribution < -0.4 is 15.4 Å². The Morgan fingerprint density at radius 3 is 2.40 bits per heavy atom. The summed E-state index contributed by atoms with van der Waals surface area (Å²) in [5.41, 5.74) is 1.36. The number of rotatable bonds is 7. The lowest BCUT2D eigenvalue weighted by Gasteiger charge is -2.29. The molecule has 0 bridgehead atoms. The smallest absolute Gasteiger partial charge is 0.347 e. The van der Waals surface area contributed by atoms with Gasteiger partial charge in [0.2, 0.25) is 11.8 Å². The van der Waals surface area contributed by atoms with E-state index in [1.165, 1.54) is 13.2 Å². The molecule has 0 radical (unpaired) electrons. The van der Waals surface area contributed by atoms with Crippen molar-refractivity contribution in [3.63, 3.8) is 0 Å². The molecule has 7 atom stereocenters. The van der Waals surface area contributed by atoms with E-state index in [1.807, 2.05) is 58.0 Å². The number of carbonyl (C=O) groups is 4. The fourth-order valence-corrected chi connectivity index (χ4v) is 5.78. The summed E-state index contributed by atoms with van der Waals surface area (Å²) in [6.45, 7) is 9.29. The molecule has 2 aromatic rings. The number of cyclic esters (lactones) is 2. The number of esters is 2. The van der Waals surface area contributed by atoms with Crippen molar-refractivity contribution < 1.29 is 38.1 Å². The first kappa shape index (κ1) is 36.0. The topological polar surface area (TPSA) is 133 Å². The van der Waals surface area contributed by atoms with Crippen LogP contribution >= 0.6 is 11.6 Å². The number of methoxy groups -OCH3 is 1. The third kappa shape index (κ3) is 10.3. The van der Waals surface area contributed by atoms with Crippen LogP contribution in [0.2, 0.25) is 5.02 Å². The van der Waals surface area contributed by atoms with Crippen LogP contribution in [-0.4, -0.2) is 61.8 Å². The maximum absolute atomic E-state index is 13.6. The summed E-state index contributed by atoms with van der Waals surface area (Å²) in [7, 11) is 1.51. The highest BCUT2D eigenvalue weighted by molar-refractivity contribution is 6.32. The third-order valence-electron chi connectivity index (χ3n) is 8.26. The first-order chi connectivity index (χ1) is 22.3. The van der Waals surface area contributed by atoms with Gasteiger partial charge in [0.1, 0.15) is 24.0 Å². The minimum Gasteiger partial charge on any atom is -0.495 e. The van der Waals surface area contributed by atoms with Crippen molar-refractivity contribution in [3.05, 3.63) is 76.8 Å². The average molecular weight is 669 g/mol. The summed E-state index contributed by atoms with van der Waals surface area (Å²) in [5.74, 6) is -2.85. The fraction of sp³-hybridized carbons (Fsp3) is 0.500. The van der Waals surface area contributed by atoms with E-state index in [-0.39, 0.29) is 49.3 Å². The van der Waals surface area contributed by atoms with Gasteiger partial charge >= 0.3 is 11.9 Å². The van der Waals surface area contributed by atoms with Gasteiger partial charge < -0.3 is 29.6 Å². The standard InChI is InChI=1S/C36H45ClN2O8/c1-21-20-38-33(41)26(18-23-15-16-28(44-6)25(37)17-23)39-30(40)14-10-13-27(22(2)31-32(47-31)24-11-8-7-9-12-24)45-35(43)29(46-34(21)42)19-36(3,4)5/h7-12,14-17,21-22,26-27,29,31-32H,13,18-20H2,1-6H3,(H,38,41)(H,39,40)/b14-10+. The number of hydrogen-bond acceptors (Lipinski definition) is 8. The van der Waals surface area contributed by atoms with Crippen LogP contribution in [-0.2, 0) is 39.8 Å². The number of epoxide rings is 1. The molecular formula is C36H45ClN2O8. The van der Waals surface area contributed by atoms with Crippen LogP contribution in [0.5, 0.6) is 5.75 Å². The molecule has 0 aromatic heterocycles. The third-order valence-corrected chi connectivity index (χ3v) is 8.55. The molecule has 2 aliphatic heterocycles. The van der Waals surface area contributed by atoms with E-state index in [0.717, 1.165) is 5.56 Å². The van der Waals surface area contributed by atoms with Crippen LogP contribution in [0.3, 0.4) is 0 Å². The van der Waals surface area contributed by atoms with Gasteiger partial charge in [-0.05, 0) is 34.8 Å². The number of ether oxygens (including phenoxy) is 4. The molecule has 2 heterocycles. The number of nitrogens with one attached hydrogen (secondary N) is 2. The Hall–Kier alpha value is -3.89. The minimum absolute atomic E-state index is 0.0694. The van der Waals surface area contributed by atoms with Crippen LogP contribution in [0, 0.1) is 17.3 Å². The predicted molar refractivity (Wildman–Crippen MR) is 177 cm³/mol. The summed E-state index contributed by atoms with van der Waals surface area (Å²) in [4.78, 5) is 53.3. The zero-order valence-electron chi connectivity index (χ0n) is 27.8. The van der Waals surface area contributed by atoms with Crippen LogP contribution in [0.4, 0.5) is 0 Å². The molecule has 2 aromatic carbocycles. The van der Waals surface area contributed by atoms with Crippen molar-refractivity contribution in [2.75, 3.05) is 13.7 Å². The molecule has 1 saturated heterocycles. The lowest BCUT2D eigenvalue weighted by molar-refractivity contribution is -0.177. The molecular weight excluding hydrogens is 624 g/mol. The van der Waals surface area contributed by atoms with Gasteiger partial charge in [-0.15, -0.1) is 0 Å². The molecule has 10 nitrogen and oxygen atoms in total. The Bertz CT molecular complexity index is 1460. The molecule has 254 valence electrons. The second-order valence-electron chi connectivity index (χ2n) is 13.5. The second kappa shape index (κ2) is 15.8. The van der Waals surface area contributed by atoms with Crippen molar-refractivity contribution in [3.8, 4) is 5.75 Å². The van der Waals surface area contributed by atoms with E-state index in [9.17, 15) is 19.2 Å². The summed E-state index contributed by atoms with van der Waals surface area (Å²) in [6, 6.07) is 13.9. The monoisotopic (exact) mass is 668 g/mol. The Labute approximate surface area is 281 Å². The van der Waals surface area contributed by atoms with Gasteiger partial charge in [0.05, 0.1) is 24.2 Å². The van der Waals surface area contributed by atoms with E-state index in [0.29, 0.717) is 16.3 Å². The van der Waals surface area contributed by atoms with Crippen molar-refractivity contribution in [1.82, 2.24) is 10.6 Å². The van der Waals surface area contributed by atoms with Crippen LogP contribution in [0.25, 0.3) is 0 Å². The lowest BCUT2D eigenvalue weighted by atomic mass is 9.89. The average Bonchev–Trinajstić information content (AvgIpc) is 3.82. The molecule has 1 fully saturated rings. The van der Waals surface area contributed by atoms with Crippen molar-refractivity contribution in [2.24, 2.45) is 17.3 Å². The van der Waals surface area contributed by atoms with Gasteiger partial charge in [0.15, 0.2) is 6.10 Å². The number of hydrogen-bond donors (Lipinski definition) is 2. The van der Waals surface area contributed by atoms with Gasteiger partial charge in [0.25, 0.3) is 0 Å². The molecule has 7 unspecified atom stereocenters. The van der Waals surface area contributed by atoms with Crippen LogP contribution in [0.1, 0.15) is 64.7 Å². The predicted octanol–water partition coefficient (Wildman–Crippen LogP) is 5.12. The maximum Gasteiger partial charge on any atom is 0.347 e. The molecule has 0 spiro atoms. The lowest BCUT2D eigenvalue weighted by Crippen LogP contribution is -2.49. The number of amides is 2. The largest absolute Gasteiger partial charge is 0.495 e. The summed E-state index contributed by atoms with van der Waals surface area (Å²) >= 11 is 6.31. The van der Waals surface area contributed by atoms with Gasteiger partial charge in [-0.3, -0.25) is 14.4 Å². The maximum atomic E-state index is 13.6. The quantitative estimate of drug-likeness (QED) is 0.307. The van der Waals surface area contributed by atoms with Crippen molar-refractivity contribution in [2.45, 2.75) is 84.3 Å². The molecule has 2 N–H and O–H groups in total. The Morgan fingerprint density at radius 2 is 1.74 bits per heavy atom. The van der Waals surface area contributed by atoms with E-state index in [4.69, 9.17) is 30.5 Å². The van der Waals surface area contributed by atoms with Gasteiger partial charge in [-0.2, -0.15) is 0 Å². The van der Waals surface area contributed by atoms with E-state index >= 15 is 0 Å².